The van der Waals surface area contributed by atoms with Gasteiger partial charge in [0.1, 0.15) is 5.71 Å². The molecule has 1 atom stereocenters. The quantitative estimate of drug-likeness (QED) is 0.479. The van der Waals surface area contributed by atoms with Crippen molar-refractivity contribution < 1.29 is 19.1 Å². The Morgan fingerprint density at radius 1 is 1.50 bits per heavy atom. The van der Waals surface area contributed by atoms with Gasteiger partial charge in [-0.3, -0.25) is 4.98 Å². The number of carbonyl (C=O) groups excluding carboxylic acids is 1. The molecule has 0 aliphatic carbocycles. The fourth-order valence-electron chi connectivity index (χ4n) is 1.85. The van der Waals surface area contributed by atoms with E-state index in [9.17, 15) is 4.79 Å². The van der Waals surface area contributed by atoms with Crippen LogP contribution in [0, 0.1) is 0 Å². The van der Waals surface area contributed by atoms with Crippen LogP contribution in [-0.2, 0) is 14.3 Å². The Morgan fingerprint density at radius 3 is 3.05 bits per heavy atom. The average Bonchev–Trinajstić information content (AvgIpc) is 2.53. The molecule has 2 rings (SSSR count). The lowest BCUT2D eigenvalue weighted by Crippen LogP contribution is -2.20. The highest BCUT2D eigenvalue weighted by Crippen LogP contribution is 2.14. The molecule has 0 saturated carbocycles. The minimum Gasteiger partial charge on any atom is -0.465 e. The molecule has 6 heteroatoms. The van der Waals surface area contributed by atoms with Crippen LogP contribution < -0.4 is 0 Å². The number of hydrogen-bond donors (Lipinski definition) is 0. The molecular weight excluding hydrogens is 260 g/mol. The molecule has 0 amide bonds. The molecule has 0 bridgehead atoms. The summed E-state index contributed by atoms with van der Waals surface area (Å²) in [6.45, 7) is 2.47. The lowest BCUT2D eigenvalue weighted by atomic mass is 10.2. The molecule has 20 heavy (non-hydrogen) atoms. The van der Waals surface area contributed by atoms with Gasteiger partial charge >= 0.3 is 5.97 Å². The van der Waals surface area contributed by atoms with Crippen molar-refractivity contribution in [2.75, 3.05) is 13.7 Å². The van der Waals surface area contributed by atoms with Crippen LogP contribution in [0.25, 0.3) is 0 Å². The molecule has 0 aromatic carbocycles. The van der Waals surface area contributed by atoms with Crippen LogP contribution in [0.1, 0.15) is 42.2 Å². The van der Waals surface area contributed by atoms with Gasteiger partial charge in [-0.05, 0) is 31.9 Å². The molecule has 108 valence electrons. The Balaban J connectivity index is 2.03. The third kappa shape index (κ3) is 3.77. The van der Waals surface area contributed by atoms with Crippen LogP contribution in [0.3, 0.4) is 0 Å². The summed E-state index contributed by atoms with van der Waals surface area (Å²) in [4.78, 5) is 20.9. The van der Waals surface area contributed by atoms with Crippen molar-refractivity contribution in [3.05, 3.63) is 29.6 Å². The van der Waals surface area contributed by atoms with Gasteiger partial charge in [0.25, 0.3) is 0 Å². The molecule has 1 saturated heterocycles. The number of carbonyl (C=O) groups is 1. The van der Waals surface area contributed by atoms with Crippen LogP contribution in [0.2, 0.25) is 0 Å². The maximum Gasteiger partial charge on any atom is 0.337 e. The Kier molecular flexibility index (Phi) is 5.06. The highest BCUT2D eigenvalue weighted by Gasteiger charge is 2.15. The molecule has 1 fully saturated rings. The summed E-state index contributed by atoms with van der Waals surface area (Å²) in [5, 5.41) is 4.02. The van der Waals surface area contributed by atoms with E-state index >= 15 is 0 Å². The fraction of sp³-hybridized carbons (Fsp3) is 0.500. The van der Waals surface area contributed by atoms with Crippen LogP contribution in [0.5, 0.6) is 0 Å². The Hall–Kier alpha value is -1.95. The second-order valence-electron chi connectivity index (χ2n) is 4.50. The molecule has 0 spiro atoms. The zero-order valence-corrected chi connectivity index (χ0v) is 11.7. The number of oxime groups is 1. The van der Waals surface area contributed by atoms with E-state index < -0.39 is 5.97 Å². The number of hydrogen-bond acceptors (Lipinski definition) is 6. The second-order valence-corrected chi connectivity index (χ2v) is 4.50. The Labute approximate surface area is 117 Å². The summed E-state index contributed by atoms with van der Waals surface area (Å²) < 4.78 is 10.1. The summed E-state index contributed by atoms with van der Waals surface area (Å²) in [7, 11) is 1.34. The number of nitrogens with zero attached hydrogens (tertiary/aromatic N) is 2. The Morgan fingerprint density at radius 2 is 2.35 bits per heavy atom. The number of methoxy groups -OCH3 is 1. The van der Waals surface area contributed by atoms with E-state index in [1.54, 1.807) is 19.1 Å². The first-order chi connectivity index (χ1) is 9.70. The van der Waals surface area contributed by atoms with Gasteiger partial charge in [0.15, 0.2) is 0 Å². The van der Waals surface area contributed by atoms with E-state index in [0.29, 0.717) is 23.6 Å². The van der Waals surface area contributed by atoms with Gasteiger partial charge in [0, 0.05) is 12.6 Å². The maximum atomic E-state index is 11.5. The highest BCUT2D eigenvalue weighted by atomic mass is 16.8. The smallest absolute Gasteiger partial charge is 0.337 e. The summed E-state index contributed by atoms with van der Waals surface area (Å²) in [5.74, 6) is -0.405. The van der Waals surface area contributed by atoms with Crippen molar-refractivity contribution in [2.24, 2.45) is 5.16 Å². The molecule has 2 heterocycles. The molecule has 1 aliphatic heterocycles. The monoisotopic (exact) mass is 278 g/mol. The summed E-state index contributed by atoms with van der Waals surface area (Å²) >= 11 is 0. The van der Waals surface area contributed by atoms with E-state index in [2.05, 4.69) is 14.9 Å². The van der Waals surface area contributed by atoms with Gasteiger partial charge in [-0.2, -0.15) is 0 Å². The van der Waals surface area contributed by atoms with Crippen molar-refractivity contribution in [2.45, 2.75) is 32.5 Å². The molecule has 1 aromatic heterocycles. The first-order valence-electron chi connectivity index (χ1n) is 6.57. The molecule has 6 nitrogen and oxygen atoms in total. The van der Waals surface area contributed by atoms with Gasteiger partial charge in [-0.15, -0.1) is 0 Å². The van der Waals surface area contributed by atoms with Crippen LogP contribution in [0.15, 0.2) is 23.5 Å². The maximum absolute atomic E-state index is 11.5. The second kappa shape index (κ2) is 7.00. The minimum absolute atomic E-state index is 0.289. The highest BCUT2D eigenvalue weighted by molar-refractivity contribution is 5.99. The van der Waals surface area contributed by atoms with Gasteiger partial charge in [0.05, 0.1) is 25.0 Å². The fourth-order valence-corrected chi connectivity index (χ4v) is 1.85. The number of rotatable bonds is 4. The predicted molar refractivity (Wildman–Crippen MR) is 72.5 cm³/mol. The number of esters is 1. The zero-order valence-electron chi connectivity index (χ0n) is 11.7. The number of ether oxygens (including phenoxy) is 2. The molecular formula is C14H18N2O4. The molecule has 1 aliphatic rings. The standard InChI is InChI=1S/C14H18N2O4/c1-10(16-20-13-5-3-4-8-19-13)12-9-11(6-7-15-12)14(17)18-2/h6-7,9,13H,3-5,8H2,1-2H3/b16-10+. The SMILES string of the molecule is COC(=O)c1ccnc(/C(C)=N/OC2CCCCO2)c1. The van der Waals surface area contributed by atoms with E-state index in [-0.39, 0.29) is 6.29 Å². The summed E-state index contributed by atoms with van der Waals surface area (Å²) in [6, 6.07) is 3.21. The molecule has 0 N–H and O–H groups in total. The van der Waals surface area contributed by atoms with Crippen LogP contribution >= 0.6 is 0 Å². The van der Waals surface area contributed by atoms with Crippen LogP contribution in [-0.4, -0.2) is 36.7 Å². The first kappa shape index (κ1) is 14.5. The van der Waals surface area contributed by atoms with Crippen LogP contribution in [0.4, 0.5) is 0 Å². The third-order valence-corrected chi connectivity index (χ3v) is 3.00. The normalized spacial score (nSPS) is 19.5. The predicted octanol–water partition coefficient (Wildman–Crippen LogP) is 2.14. The van der Waals surface area contributed by atoms with Gasteiger partial charge < -0.3 is 14.3 Å². The topological polar surface area (TPSA) is 70.0 Å². The Bertz CT molecular complexity index is 496. The zero-order chi connectivity index (χ0) is 14.4. The van der Waals surface area contributed by atoms with Gasteiger partial charge in [-0.25, -0.2) is 4.79 Å². The summed E-state index contributed by atoms with van der Waals surface area (Å²) in [5.41, 5.74) is 1.59. The van der Waals surface area contributed by atoms with Crippen molar-refractivity contribution in [1.82, 2.24) is 4.98 Å². The van der Waals surface area contributed by atoms with E-state index in [1.165, 1.54) is 13.3 Å². The minimum atomic E-state index is -0.405. The number of aromatic nitrogens is 1. The summed E-state index contributed by atoms with van der Waals surface area (Å²) in [6.07, 6.45) is 4.23. The van der Waals surface area contributed by atoms with E-state index in [4.69, 9.17) is 9.57 Å². The molecule has 1 aromatic rings. The first-order valence-corrected chi connectivity index (χ1v) is 6.57. The van der Waals surface area contributed by atoms with Crippen molar-refractivity contribution in [3.63, 3.8) is 0 Å². The van der Waals surface area contributed by atoms with Gasteiger partial charge in [-0.1, -0.05) is 5.16 Å². The molecule has 1 unspecified atom stereocenters. The third-order valence-electron chi connectivity index (χ3n) is 3.00. The largest absolute Gasteiger partial charge is 0.465 e. The molecule has 0 radical (unpaired) electrons. The van der Waals surface area contributed by atoms with Crippen molar-refractivity contribution >= 4 is 11.7 Å². The average molecular weight is 278 g/mol. The van der Waals surface area contributed by atoms with E-state index in [0.717, 1.165) is 19.3 Å². The van der Waals surface area contributed by atoms with Crippen molar-refractivity contribution in [3.8, 4) is 0 Å². The van der Waals surface area contributed by atoms with Gasteiger partial charge in [0.2, 0.25) is 6.29 Å². The lowest BCUT2D eigenvalue weighted by Gasteiger charge is -2.20. The number of pyridine rings is 1. The van der Waals surface area contributed by atoms with E-state index in [1.807, 2.05) is 0 Å². The lowest BCUT2D eigenvalue weighted by molar-refractivity contribution is -0.162. The van der Waals surface area contributed by atoms with Crippen molar-refractivity contribution in [1.29, 1.82) is 0 Å².